The molecular weight excluding hydrogens is 488 g/mol. The number of alkyl halides is 16. The first-order chi connectivity index (χ1) is 12.8. The summed E-state index contributed by atoms with van der Waals surface area (Å²) < 4.78 is 202. The van der Waals surface area contributed by atoms with E-state index in [1.54, 1.807) is 0 Å². The summed E-state index contributed by atoms with van der Waals surface area (Å²) in [5, 5.41) is 0. The molecule has 178 valence electrons. The van der Waals surface area contributed by atoms with E-state index in [0.717, 1.165) is 0 Å². The Morgan fingerprint density at radius 1 is 0.433 bits per heavy atom. The summed E-state index contributed by atoms with van der Waals surface area (Å²) in [5.41, 5.74) is 0. The Labute approximate surface area is 151 Å². The largest absolute Gasteiger partial charge is 0.438 e. The van der Waals surface area contributed by atoms with Gasteiger partial charge in [0.1, 0.15) is 0 Å². The molecule has 0 unspecified atom stereocenters. The summed E-state index contributed by atoms with van der Waals surface area (Å²) in [6.07, 6.45) is -37.8. The minimum atomic E-state index is -7.12. The van der Waals surface area contributed by atoms with Gasteiger partial charge in [0.15, 0.2) is 0 Å². The summed E-state index contributed by atoms with van der Waals surface area (Å²) in [6, 6.07) is 0. The topological polar surface area (TPSA) is 52.6 Å². The highest BCUT2D eigenvalue weighted by Crippen LogP contribution is 2.43. The third-order valence-corrected chi connectivity index (χ3v) is 2.55. The van der Waals surface area contributed by atoms with E-state index >= 15 is 0 Å². The van der Waals surface area contributed by atoms with Crippen molar-refractivity contribution in [3.05, 3.63) is 0 Å². The third-order valence-electron chi connectivity index (χ3n) is 2.55. The van der Waals surface area contributed by atoms with Crippen LogP contribution in [0.5, 0.6) is 0 Å². The van der Waals surface area contributed by atoms with Gasteiger partial charge in [-0.25, -0.2) is 9.59 Å². The van der Waals surface area contributed by atoms with Crippen LogP contribution in [0, 0.1) is 0 Å². The highest BCUT2D eigenvalue weighted by Gasteiger charge is 2.73. The van der Waals surface area contributed by atoms with Crippen LogP contribution in [0.3, 0.4) is 0 Å². The summed E-state index contributed by atoms with van der Waals surface area (Å²) in [6.45, 7) is 0. The molecule has 0 rings (SSSR count). The first-order valence-electron chi connectivity index (χ1n) is 6.22. The molecule has 0 atom stereocenters. The molecule has 0 amide bonds. The van der Waals surface area contributed by atoms with Crippen molar-refractivity contribution in [1.29, 1.82) is 0 Å². The van der Waals surface area contributed by atoms with Gasteiger partial charge in [-0.2, -0.15) is 70.2 Å². The van der Waals surface area contributed by atoms with Gasteiger partial charge < -0.3 is 9.47 Å². The second-order valence-electron chi connectivity index (χ2n) is 4.89. The van der Waals surface area contributed by atoms with Crippen LogP contribution in [-0.4, -0.2) is 60.7 Å². The van der Waals surface area contributed by atoms with Crippen molar-refractivity contribution in [2.75, 3.05) is 0 Å². The normalized spacial score (nSPS) is 14.9. The van der Waals surface area contributed by atoms with Crippen LogP contribution in [0.2, 0.25) is 0 Å². The SMILES string of the molecule is O=C(OC(C(F)(F)F)C(F)(F)F)C(F)(F)C(F)(F)C(=O)OC(C(F)(F)F)C(F)(F)F. The third kappa shape index (κ3) is 6.16. The van der Waals surface area contributed by atoms with Crippen molar-refractivity contribution in [1.82, 2.24) is 0 Å². The first kappa shape index (κ1) is 27.8. The lowest BCUT2D eigenvalue weighted by Crippen LogP contribution is -2.58. The zero-order valence-corrected chi connectivity index (χ0v) is 12.8. The van der Waals surface area contributed by atoms with E-state index in [-0.39, 0.29) is 0 Å². The molecule has 4 nitrogen and oxygen atoms in total. The Kier molecular flexibility index (Phi) is 7.25. The van der Waals surface area contributed by atoms with Crippen molar-refractivity contribution in [3.8, 4) is 0 Å². The minimum Gasteiger partial charge on any atom is -0.438 e. The molecule has 0 heterocycles. The zero-order chi connectivity index (χ0) is 24.7. The van der Waals surface area contributed by atoms with Crippen LogP contribution < -0.4 is 0 Å². The summed E-state index contributed by atoms with van der Waals surface area (Å²) >= 11 is 0. The highest BCUT2D eigenvalue weighted by molar-refractivity contribution is 5.90. The van der Waals surface area contributed by atoms with Crippen LogP contribution in [0.25, 0.3) is 0 Å². The van der Waals surface area contributed by atoms with Crippen molar-refractivity contribution >= 4 is 11.9 Å². The molecule has 0 spiro atoms. The van der Waals surface area contributed by atoms with Crippen molar-refractivity contribution in [2.24, 2.45) is 0 Å². The van der Waals surface area contributed by atoms with Crippen molar-refractivity contribution in [3.63, 3.8) is 0 Å². The Morgan fingerprint density at radius 3 is 0.733 bits per heavy atom. The number of hydrogen-bond acceptors (Lipinski definition) is 4. The van der Waals surface area contributed by atoms with Gasteiger partial charge in [-0.1, -0.05) is 0 Å². The zero-order valence-electron chi connectivity index (χ0n) is 12.8. The molecule has 0 fully saturated rings. The van der Waals surface area contributed by atoms with Gasteiger partial charge in [0, 0.05) is 0 Å². The standard InChI is InChI=1S/C10H2F16O4/c11-5(12,3(27)29-1(7(15,16)17)8(18,19)20)6(13,14)4(28)30-2(9(21,22)23)10(24,25)26/h1-2H. The molecule has 0 aliphatic rings. The number of carbonyl (C=O) groups is 2. The molecule has 0 saturated heterocycles. The maximum absolute atomic E-state index is 13.2. The quantitative estimate of drug-likeness (QED) is 0.426. The Morgan fingerprint density at radius 2 is 0.600 bits per heavy atom. The molecule has 0 aromatic rings. The summed E-state index contributed by atoms with van der Waals surface area (Å²) in [7, 11) is 0. The first-order valence-corrected chi connectivity index (χ1v) is 6.22. The molecule has 0 radical (unpaired) electrons. The number of halogens is 16. The van der Waals surface area contributed by atoms with Gasteiger partial charge in [0.2, 0.25) is 0 Å². The van der Waals surface area contributed by atoms with Gasteiger partial charge in [-0.3, -0.25) is 0 Å². The second-order valence-corrected chi connectivity index (χ2v) is 4.89. The monoisotopic (exact) mass is 490 g/mol. The van der Waals surface area contributed by atoms with E-state index in [2.05, 4.69) is 9.47 Å². The fourth-order valence-electron chi connectivity index (χ4n) is 1.26. The van der Waals surface area contributed by atoms with Crippen LogP contribution >= 0.6 is 0 Å². The van der Waals surface area contributed by atoms with E-state index in [1.807, 2.05) is 0 Å². The van der Waals surface area contributed by atoms with Crippen molar-refractivity contribution in [2.45, 2.75) is 48.8 Å². The van der Waals surface area contributed by atoms with E-state index in [0.29, 0.717) is 0 Å². The maximum Gasteiger partial charge on any atom is 0.434 e. The Bertz CT molecular complexity index is 554. The second kappa shape index (κ2) is 7.82. The molecule has 0 saturated carbocycles. The van der Waals surface area contributed by atoms with E-state index in [4.69, 9.17) is 0 Å². The molecular formula is C10H2F16O4. The number of esters is 2. The predicted molar refractivity (Wildman–Crippen MR) is 53.9 cm³/mol. The van der Waals surface area contributed by atoms with Crippen molar-refractivity contribution < 1.29 is 89.3 Å². The minimum absolute atomic E-state index is 2.15. The molecule has 0 aromatic heterocycles. The fraction of sp³-hybridized carbons (Fsp3) is 0.800. The molecule has 0 aliphatic heterocycles. The lowest BCUT2D eigenvalue weighted by atomic mass is 10.1. The van der Waals surface area contributed by atoms with E-state index in [9.17, 15) is 79.8 Å². The number of carbonyl (C=O) groups excluding carboxylic acids is 2. The lowest BCUT2D eigenvalue weighted by molar-refractivity contribution is -0.330. The predicted octanol–water partition coefficient (Wildman–Crippen LogP) is 4.33. The maximum atomic E-state index is 13.2. The number of hydrogen-bond donors (Lipinski definition) is 0. The Balaban J connectivity index is 5.90. The number of ether oxygens (including phenoxy) is 2. The molecule has 30 heavy (non-hydrogen) atoms. The van der Waals surface area contributed by atoms with Crippen LogP contribution in [0.15, 0.2) is 0 Å². The van der Waals surface area contributed by atoms with Gasteiger partial charge in [-0.05, 0) is 0 Å². The van der Waals surface area contributed by atoms with Gasteiger partial charge >= 0.3 is 48.5 Å². The lowest BCUT2D eigenvalue weighted by Gasteiger charge is -2.29. The Hall–Kier alpha value is -2.18. The highest BCUT2D eigenvalue weighted by atomic mass is 19.4. The molecule has 0 aliphatic carbocycles. The molecule has 0 bridgehead atoms. The smallest absolute Gasteiger partial charge is 0.434 e. The summed E-state index contributed by atoms with van der Waals surface area (Å²) in [5.74, 6) is -23.2. The average molecular weight is 490 g/mol. The van der Waals surface area contributed by atoms with E-state index < -0.39 is 60.7 Å². The van der Waals surface area contributed by atoms with Gasteiger partial charge in [0.05, 0.1) is 0 Å². The molecule has 0 N–H and O–H groups in total. The fourth-order valence-corrected chi connectivity index (χ4v) is 1.26. The van der Waals surface area contributed by atoms with Gasteiger partial charge in [-0.15, -0.1) is 0 Å². The average Bonchev–Trinajstić information content (AvgIpc) is 2.44. The van der Waals surface area contributed by atoms with Crippen LogP contribution in [0.1, 0.15) is 0 Å². The van der Waals surface area contributed by atoms with Crippen LogP contribution in [-0.2, 0) is 19.1 Å². The molecule has 0 aromatic carbocycles. The van der Waals surface area contributed by atoms with E-state index in [1.165, 1.54) is 0 Å². The molecule has 20 heteroatoms. The van der Waals surface area contributed by atoms with Crippen LogP contribution in [0.4, 0.5) is 70.2 Å². The van der Waals surface area contributed by atoms with Gasteiger partial charge in [0.25, 0.3) is 12.2 Å². The number of rotatable bonds is 5. The summed E-state index contributed by atoms with van der Waals surface area (Å²) in [4.78, 5) is 21.4.